The zero-order valence-corrected chi connectivity index (χ0v) is 13.9. The number of carbonyl (C=O) groups excluding carboxylic acids is 1. The summed E-state index contributed by atoms with van der Waals surface area (Å²) < 4.78 is 1.22. The van der Waals surface area contributed by atoms with E-state index < -0.39 is 0 Å². The van der Waals surface area contributed by atoms with E-state index in [1.807, 2.05) is 13.0 Å². The summed E-state index contributed by atoms with van der Waals surface area (Å²) in [6, 6.07) is 0. The van der Waals surface area contributed by atoms with Gasteiger partial charge in [0, 0.05) is 19.8 Å². The van der Waals surface area contributed by atoms with Crippen LogP contribution in [0.4, 0.5) is 0 Å². The number of carbonyl (C=O) groups is 1. The molecular weight excluding hydrogens is 357 g/mol. The van der Waals surface area contributed by atoms with Gasteiger partial charge in [0.2, 0.25) is 5.91 Å². The maximum atomic E-state index is 11.4. The lowest BCUT2D eigenvalue weighted by atomic mass is 10.1. The zero-order chi connectivity index (χ0) is 13.7. The molecule has 0 aromatic rings. The van der Waals surface area contributed by atoms with Crippen LogP contribution in [-0.4, -0.2) is 11.7 Å². The average molecular weight is 375 g/mol. The van der Waals surface area contributed by atoms with Gasteiger partial charge >= 0.3 is 0 Å². The van der Waals surface area contributed by atoms with Crippen LogP contribution in [-0.2, 0) is 4.79 Å². The number of primary amides is 1. The second kappa shape index (κ2) is 7.19. The Labute approximate surface area is 127 Å². The van der Waals surface area contributed by atoms with E-state index in [1.165, 1.54) is 9.15 Å². The molecule has 0 saturated carbocycles. The van der Waals surface area contributed by atoms with E-state index in [4.69, 9.17) is 5.73 Å². The quantitative estimate of drug-likeness (QED) is 0.594. The highest BCUT2D eigenvalue weighted by atomic mass is 127. The molecule has 18 heavy (non-hydrogen) atoms. The number of amides is 1. The summed E-state index contributed by atoms with van der Waals surface area (Å²) in [5, 5.41) is 0. The standard InChI is InChI=1S/C14H18INOS/c1-4-10(5-6-12(15)9(2)3)13-11(14(16)17)7-8-18-13/h4-6H,7-8H2,1-3H3,(H2,16,17)/b6-5-,10-4+. The van der Waals surface area contributed by atoms with Gasteiger partial charge in [-0.25, -0.2) is 0 Å². The Hall–Kier alpha value is -0.490. The van der Waals surface area contributed by atoms with Crippen LogP contribution < -0.4 is 5.73 Å². The van der Waals surface area contributed by atoms with Gasteiger partial charge in [-0.2, -0.15) is 0 Å². The van der Waals surface area contributed by atoms with Crippen molar-refractivity contribution in [3.05, 3.63) is 43.4 Å². The van der Waals surface area contributed by atoms with Crippen molar-refractivity contribution in [2.24, 2.45) is 5.73 Å². The number of halogens is 1. The SMILES string of the molecule is C/C=C(\C=C/C(I)=C(C)C)C1=C(C(N)=O)CCS1. The highest BCUT2D eigenvalue weighted by Gasteiger charge is 2.20. The number of hydrogen-bond donors (Lipinski definition) is 1. The Morgan fingerprint density at radius 3 is 2.56 bits per heavy atom. The minimum absolute atomic E-state index is 0.292. The van der Waals surface area contributed by atoms with Gasteiger partial charge in [-0.05, 0) is 61.4 Å². The zero-order valence-electron chi connectivity index (χ0n) is 10.9. The Balaban J connectivity index is 3.03. The summed E-state index contributed by atoms with van der Waals surface area (Å²) >= 11 is 4.03. The van der Waals surface area contributed by atoms with E-state index in [9.17, 15) is 4.79 Å². The van der Waals surface area contributed by atoms with Crippen LogP contribution in [0.25, 0.3) is 0 Å². The smallest absolute Gasteiger partial charge is 0.245 e. The summed E-state index contributed by atoms with van der Waals surface area (Å²) in [4.78, 5) is 12.4. The third kappa shape index (κ3) is 4.02. The van der Waals surface area contributed by atoms with E-state index in [2.05, 4.69) is 48.6 Å². The van der Waals surface area contributed by atoms with Crippen LogP contribution in [0.3, 0.4) is 0 Å². The van der Waals surface area contributed by atoms with Crippen molar-refractivity contribution in [2.45, 2.75) is 27.2 Å². The molecule has 0 aromatic heterocycles. The molecule has 1 aliphatic heterocycles. The van der Waals surface area contributed by atoms with Gasteiger partial charge in [-0.3, -0.25) is 4.79 Å². The molecule has 98 valence electrons. The molecule has 0 saturated heterocycles. The van der Waals surface area contributed by atoms with E-state index in [-0.39, 0.29) is 5.91 Å². The maximum absolute atomic E-state index is 11.4. The second-order valence-electron chi connectivity index (χ2n) is 4.20. The highest BCUT2D eigenvalue weighted by Crippen LogP contribution is 2.37. The molecule has 0 aromatic carbocycles. The first-order chi connectivity index (χ1) is 8.47. The van der Waals surface area contributed by atoms with Crippen LogP contribution in [0.2, 0.25) is 0 Å². The first-order valence-electron chi connectivity index (χ1n) is 5.80. The molecule has 0 atom stereocenters. The molecule has 0 fully saturated rings. The van der Waals surface area contributed by atoms with Crippen molar-refractivity contribution in [1.29, 1.82) is 0 Å². The maximum Gasteiger partial charge on any atom is 0.245 e. The van der Waals surface area contributed by atoms with Crippen molar-refractivity contribution < 1.29 is 4.79 Å². The van der Waals surface area contributed by atoms with Crippen LogP contribution in [0.5, 0.6) is 0 Å². The third-order valence-corrected chi connectivity index (χ3v) is 5.25. The van der Waals surface area contributed by atoms with Gasteiger partial charge in [0.05, 0.1) is 0 Å². The Kier molecular flexibility index (Phi) is 6.21. The lowest BCUT2D eigenvalue weighted by molar-refractivity contribution is -0.114. The molecule has 0 radical (unpaired) electrons. The molecule has 1 rings (SSSR count). The lowest BCUT2D eigenvalue weighted by Crippen LogP contribution is -2.14. The second-order valence-corrected chi connectivity index (χ2v) is 6.46. The fourth-order valence-corrected chi connectivity index (χ4v) is 3.00. The normalized spacial score (nSPS) is 16.6. The van der Waals surface area contributed by atoms with E-state index in [1.54, 1.807) is 11.8 Å². The van der Waals surface area contributed by atoms with Crippen molar-refractivity contribution >= 4 is 40.3 Å². The average Bonchev–Trinajstić information content (AvgIpc) is 2.78. The molecule has 1 amide bonds. The van der Waals surface area contributed by atoms with Gasteiger partial charge < -0.3 is 5.73 Å². The Bertz CT molecular complexity index is 468. The molecular formula is C14H18INOS. The molecule has 0 unspecified atom stereocenters. The molecule has 2 N–H and O–H groups in total. The summed E-state index contributed by atoms with van der Waals surface area (Å²) in [7, 11) is 0. The summed E-state index contributed by atoms with van der Waals surface area (Å²) in [5.41, 5.74) is 8.55. The van der Waals surface area contributed by atoms with Crippen LogP contribution in [0.1, 0.15) is 27.2 Å². The summed E-state index contributed by atoms with van der Waals surface area (Å²) in [5.74, 6) is 0.651. The van der Waals surface area contributed by atoms with Crippen molar-refractivity contribution in [3.63, 3.8) is 0 Å². The molecule has 0 bridgehead atoms. The minimum atomic E-state index is -0.292. The molecule has 0 spiro atoms. The Morgan fingerprint density at radius 2 is 2.06 bits per heavy atom. The minimum Gasteiger partial charge on any atom is -0.366 e. The van der Waals surface area contributed by atoms with Gasteiger partial charge in [0.25, 0.3) is 0 Å². The lowest BCUT2D eigenvalue weighted by Gasteiger charge is -2.05. The number of allylic oxidation sites excluding steroid dienone is 6. The van der Waals surface area contributed by atoms with Crippen LogP contribution in [0.15, 0.2) is 43.4 Å². The van der Waals surface area contributed by atoms with Crippen LogP contribution >= 0.6 is 34.4 Å². The first-order valence-corrected chi connectivity index (χ1v) is 7.87. The highest BCUT2D eigenvalue weighted by molar-refractivity contribution is 14.1. The first kappa shape index (κ1) is 15.6. The topological polar surface area (TPSA) is 43.1 Å². The molecule has 0 aliphatic carbocycles. The van der Waals surface area contributed by atoms with Crippen molar-refractivity contribution in [2.75, 3.05) is 5.75 Å². The van der Waals surface area contributed by atoms with Gasteiger partial charge in [0.15, 0.2) is 0 Å². The van der Waals surface area contributed by atoms with E-state index in [0.29, 0.717) is 0 Å². The van der Waals surface area contributed by atoms with E-state index >= 15 is 0 Å². The fraction of sp³-hybridized carbons (Fsp3) is 0.357. The van der Waals surface area contributed by atoms with Gasteiger partial charge in [-0.15, -0.1) is 11.8 Å². The predicted octanol–water partition coefficient (Wildman–Crippen LogP) is 4.09. The van der Waals surface area contributed by atoms with Crippen molar-refractivity contribution in [3.8, 4) is 0 Å². The molecule has 4 heteroatoms. The number of thioether (sulfide) groups is 1. The van der Waals surface area contributed by atoms with E-state index in [0.717, 1.165) is 28.2 Å². The number of rotatable bonds is 4. The number of nitrogens with two attached hydrogens (primary N) is 1. The Morgan fingerprint density at radius 1 is 1.39 bits per heavy atom. The van der Waals surface area contributed by atoms with Gasteiger partial charge in [0.1, 0.15) is 0 Å². The largest absolute Gasteiger partial charge is 0.366 e. The number of hydrogen-bond acceptors (Lipinski definition) is 2. The van der Waals surface area contributed by atoms with Crippen LogP contribution in [0, 0.1) is 0 Å². The molecule has 1 aliphatic rings. The summed E-state index contributed by atoms with van der Waals surface area (Å²) in [6.07, 6.45) is 6.95. The van der Waals surface area contributed by atoms with Crippen molar-refractivity contribution in [1.82, 2.24) is 0 Å². The fourth-order valence-electron chi connectivity index (χ4n) is 1.58. The molecule has 2 nitrogen and oxygen atoms in total. The predicted molar refractivity (Wildman–Crippen MR) is 88.6 cm³/mol. The monoisotopic (exact) mass is 375 g/mol. The summed E-state index contributed by atoms with van der Waals surface area (Å²) in [6.45, 7) is 6.15. The molecule has 1 heterocycles. The van der Waals surface area contributed by atoms with Gasteiger partial charge in [-0.1, -0.05) is 17.7 Å². The third-order valence-electron chi connectivity index (χ3n) is 2.63.